The van der Waals surface area contributed by atoms with Crippen molar-refractivity contribution in [2.75, 3.05) is 13.2 Å². The Balaban J connectivity index is 0.923. The van der Waals surface area contributed by atoms with Crippen molar-refractivity contribution in [3.8, 4) is 0 Å². The van der Waals surface area contributed by atoms with Gasteiger partial charge in [-0.15, -0.1) is 0 Å². The topological polar surface area (TPSA) is 141 Å². The van der Waals surface area contributed by atoms with Crippen molar-refractivity contribution in [3.63, 3.8) is 0 Å². The molecule has 4 heterocycles. The van der Waals surface area contributed by atoms with E-state index in [1.807, 2.05) is 40.3 Å². The number of benzene rings is 2. The van der Waals surface area contributed by atoms with E-state index in [4.69, 9.17) is 41.7 Å². The summed E-state index contributed by atoms with van der Waals surface area (Å²) in [6.07, 6.45) is 12.4. The van der Waals surface area contributed by atoms with Gasteiger partial charge in [-0.3, -0.25) is 0 Å². The van der Waals surface area contributed by atoms with Gasteiger partial charge in [-0.25, -0.2) is 0 Å². The van der Waals surface area contributed by atoms with Crippen LogP contribution in [0.5, 0.6) is 0 Å². The summed E-state index contributed by atoms with van der Waals surface area (Å²) in [7, 11) is -3.06. The van der Waals surface area contributed by atoms with Gasteiger partial charge < -0.3 is 0 Å². The van der Waals surface area contributed by atoms with Crippen molar-refractivity contribution >= 4 is 92.6 Å². The van der Waals surface area contributed by atoms with Crippen LogP contribution >= 0.6 is 31.5 Å². The first-order valence-corrected chi connectivity index (χ1v) is 27.1. The van der Waals surface area contributed by atoms with Gasteiger partial charge in [-0.2, -0.15) is 0 Å². The molecule has 6 atom stereocenters. The Kier molecular flexibility index (Phi) is 15.2. The van der Waals surface area contributed by atoms with Crippen LogP contribution in [0.4, 0.5) is 0 Å². The molecule has 2 aromatic carbocycles. The number of fused-ring (bicyclic) bond motifs is 2. The molecule has 330 valence electrons. The zero-order valence-corrected chi connectivity index (χ0v) is 41.2. The first-order chi connectivity index (χ1) is 30.2. The van der Waals surface area contributed by atoms with Crippen molar-refractivity contribution in [1.29, 1.82) is 0 Å². The summed E-state index contributed by atoms with van der Waals surface area (Å²) in [6, 6.07) is 21.6. The Morgan fingerprint density at radius 3 is 1.40 bits per heavy atom. The number of hydrogen-bond donors (Lipinski definition) is 0. The fourth-order valence-corrected chi connectivity index (χ4v) is 16.6. The number of halogens is 2. The number of ether oxygens (including phenoxy) is 2. The predicted molar refractivity (Wildman–Crippen MR) is 245 cm³/mol. The second kappa shape index (κ2) is 20.6. The zero-order valence-electron chi connectivity index (χ0n) is 35.3. The molecular formula is C44H53Cl2N8O5PSe2. The number of hydrogen-bond acceptors (Lipinski definition) is 11. The van der Waals surface area contributed by atoms with E-state index in [9.17, 15) is 4.57 Å². The van der Waals surface area contributed by atoms with E-state index in [0.717, 1.165) is 37.0 Å². The van der Waals surface area contributed by atoms with Crippen LogP contribution in [0.2, 0.25) is 19.9 Å². The fourth-order valence-electron chi connectivity index (χ4n) is 8.86. The van der Waals surface area contributed by atoms with Gasteiger partial charge in [-0.05, 0) is 0 Å². The summed E-state index contributed by atoms with van der Waals surface area (Å²) in [6.45, 7) is 8.95. The van der Waals surface area contributed by atoms with Crippen LogP contribution in [0.25, 0.3) is 22.3 Å². The Morgan fingerprint density at radius 1 is 0.613 bits per heavy atom. The van der Waals surface area contributed by atoms with Crippen molar-refractivity contribution in [2.45, 2.75) is 112 Å². The van der Waals surface area contributed by atoms with Crippen LogP contribution < -0.4 is 8.92 Å². The number of nitrogens with zero attached hydrogens (tertiary/aromatic N) is 8. The summed E-state index contributed by atoms with van der Waals surface area (Å²) in [5.41, 5.74) is 2.70. The Bertz CT molecular complexity index is 2260. The molecular weight excluding hydrogens is 980 g/mol. The summed E-state index contributed by atoms with van der Waals surface area (Å²) < 4.78 is 47.2. The quantitative estimate of drug-likeness (QED) is 0.0313. The summed E-state index contributed by atoms with van der Waals surface area (Å²) in [4.78, 5) is 27.4. The van der Waals surface area contributed by atoms with Gasteiger partial charge in [0.25, 0.3) is 0 Å². The molecule has 0 radical (unpaired) electrons. The van der Waals surface area contributed by atoms with Crippen molar-refractivity contribution in [3.05, 3.63) is 96.3 Å². The summed E-state index contributed by atoms with van der Waals surface area (Å²) in [5.74, 6) is -1.68. The molecule has 13 nitrogen and oxygen atoms in total. The van der Waals surface area contributed by atoms with Gasteiger partial charge in [0, 0.05) is 0 Å². The number of aromatic nitrogens is 8. The van der Waals surface area contributed by atoms with Gasteiger partial charge >= 0.3 is 388 Å². The molecule has 0 bridgehead atoms. The summed E-state index contributed by atoms with van der Waals surface area (Å²) in [5, 5.41) is 0.702. The van der Waals surface area contributed by atoms with E-state index in [0.29, 0.717) is 69.9 Å². The maximum absolute atomic E-state index is 14.1. The second-order valence-electron chi connectivity index (χ2n) is 16.0. The minimum atomic E-state index is -3.06. The van der Waals surface area contributed by atoms with E-state index in [1.165, 1.54) is 21.6 Å². The van der Waals surface area contributed by atoms with Crippen molar-refractivity contribution in [2.24, 2.45) is 11.8 Å². The normalized spacial score (nSPS) is 22.5. The van der Waals surface area contributed by atoms with Gasteiger partial charge in [0.05, 0.1) is 0 Å². The molecule has 0 N–H and O–H groups in total. The minimum absolute atomic E-state index is 0.157. The van der Waals surface area contributed by atoms with Crippen LogP contribution in [-0.2, 0) is 23.1 Å². The van der Waals surface area contributed by atoms with Crippen LogP contribution in [0.1, 0.15) is 91.1 Å². The Labute approximate surface area is 386 Å². The van der Waals surface area contributed by atoms with Gasteiger partial charge in [0.1, 0.15) is 0 Å². The third-order valence-electron chi connectivity index (χ3n) is 12.4. The fraction of sp³-hybridized carbons (Fsp3) is 0.500. The van der Waals surface area contributed by atoms with Gasteiger partial charge in [0.2, 0.25) is 0 Å². The van der Waals surface area contributed by atoms with Crippen molar-refractivity contribution < 1.29 is 23.1 Å². The van der Waals surface area contributed by atoms with E-state index in [1.54, 1.807) is 0 Å². The molecule has 2 fully saturated rings. The van der Waals surface area contributed by atoms with Crippen LogP contribution in [-0.4, -0.2) is 93.7 Å². The standard InChI is InChI=1S/C44H53Cl2N8O5PSe2/c1-5-43(6-2,56-23-29-19-33(35(21-29)61-31-15-11-9-12-16-31)53-27-51-37-39(45)47-25-49-41(37)53)58-60(55)59-44(7-3,8-4)57-24-30-20-34(36(22-30)62-32-17-13-10-14-18-32)54-28-52-38-40(46)48-26-50-42(38)54/h9-18,25-30,33-36,60H,5-8,19-24H2,1-4H3. The van der Waals surface area contributed by atoms with Crippen molar-refractivity contribution in [1.82, 2.24) is 39.0 Å². The van der Waals surface area contributed by atoms with Crippen LogP contribution in [0.15, 0.2) is 86.0 Å². The third kappa shape index (κ3) is 10.2. The molecule has 0 aliphatic heterocycles. The second-order valence-corrected chi connectivity index (χ2v) is 23.2. The molecule has 6 aromatic rings. The molecule has 4 aromatic heterocycles. The molecule has 2 aliphatic rings. The van der Waals surface area contributed by atoms with Crippen LogP contribution in [0, 0.1) is 11.8 Å². The molecule has 0 amide bonds. The molecule has 2 saturated carbocycles. The average Bonchev–Trinajstić information content (AvgIpc) is 4.11. The van der Waals surface area contributed by atoms with E-state index in [-0.39, 0.29) is 53.8 Å². The molecule has 0 saturated heterocycles. The average molecular weight is 1030 g/mol. The van der Waals surface area contributed by atoms with Crippen LogP contribution in [0.3, 0.4) is 0 Å². The number of imidazole rings is 2. The third-order valence-corrected chi connectivity index (χ3v) is 19.7. The summed E-state index contributed by atoms with van der Waals surface area (Å²) >= 11 is 13.2. The molecule has 62 heavy (non-hydrogen) atoms. The maximum atomic E-state index is 14.1. The molecule has 18 heteroatoms. The number of rotatable bonds is 20. The SMILES string of the molecule is CCC(CC)(OCC1CC([Se]c2ccccc2)C(n2cnc3c(Cl)ncnc32)C1)O[PH](=O)OC(CC)(CC)OCC1CC([Se]c2ccccc2)C(n2cnc3c(Cl)ncnc32)C1. The van der Waals surface area contributed by atoms with E-state index in [2.05, 4.69) is 99.7 Å². The monoisotopic (exact) mass is 1030 g/mol. The van der Waals surface area contributed by atoms with E-state index >= 15 is 0 Å². The molecule has 6 unspecified atom stereocenters. The molecule has 0 spiro atoms. The molecule has 8 rings (SSSR count). The predicted octanol–water partition coefficient (Wildman–Crippen LogP) is 9.00. The van der Waals surface area contributed by atoms with Gasteiger partial charge in [0.15, 0.2) is 0 Å². The van der Waals surface area contributed by atoms with Gasteiger partial charge in [-0.1, -0.05) is 0 Å². The zero-order chi connectivity index (χ0) is 43.3. The molecule has 2 aliphatic carbocycles. The first kappa shape index (κ1) is 45.8. The Hall–Kier alpha value is -2.77. The Morgan fingerprint density at radius 2 is 1.02 bits per heavy atom. The first-order valence-electron chi connectivity index (χ1n) is 21.4. The van der Waals surface area contributed by atoms with E-state index < -0.39 is 19.8 Å².